The minimum atomic E-state index is 0.259. The van der Waals surface area contributed by atoms with Crippen molar-refractivity contribution in [3.63, 3.8) is 0 Å². The average molecular weight is 199 g/mol. The second-order valence-corrected chi connectivity index (χ2v) is 5.80. The zero-order valence-corrected chi connectivity index (χ0v) is 10.0. The predicted octanol–water partition coefficient (Wildman–Crippen LogP) is 2.17. The van der Waals surface area contributed by atoms with E-state index >= 15 is 0 Å². The molecule has 0 aromatic rings. The molecule has 14 heavy (non-hydrogen) atoms. The van der Waals surface area contributed by atoms with Crippen molar-refractivity contribution < 1.29 is 5.11 Å². The summed E-state index contributed by atoms with van der Waals surface area (Å²) in [5.74, 6) is 0.517. The van der Waals surface area contributed by atoms with Gasteiger partial charge in [-0.05, 0) is 30.6 Å². The maximum absolute atomic E-state index is 9.22. The molecule has 2 nitrogen and oxygen atoms in total. The lowest BCUT2D eigenvalue weighted by atomic mass is 9.91. The number of hydrogen-bond acceptors (Lipinski definition) is 2. The summed E-state index contributed by atoms with van der Waals surface area (Å²) < 4.78 is 0. The van der Waals surface area contributed by atoms with E-state index in [0.29, 0.717) is 17.4 Å². The van der Waals surface area contributed by atoms with Crippen LogP contribution in [0.2, 0.25) is 0 Å². The molecule has 0 bridgehead atoms. The molecule has 0 radical (unpaired) electrons. The molecular formula is C12H25NO. The Bertz CT molecular complexity index is 177. The quantitative estimate of drug-likeness (QED) is 0.727. The highest BCUT2D eigenvalue weighted by molar-refractivity contribution is 4.88. The second-order valence-electron chi connectivity index (χ2n) is 5.80. The maximum Gasteiger partial charge on any atom is 0.0587 e. The van der Waals surface area contributed by atoms with Crippen LogP contribution < -0.4 is 5.32 Å². The lowest BCUT2D eigenvalue weighted by Gasteiger charge is -2.25. The van der Waals surface area contributed by atoms with Crippen LogP contribution in [0.5, 0.6) is 0 Å². The van der Waals surface area contributed by atoms with Gasteiger partial charge in [-0.3, -0.25) is 0 Å². The Morgan fingerprint density at radius 1 is 1.43 bits per heavy atom. The summed E-state index contributed by atoms with van der Waals surface area (Å²) in [6, 6.07) is 0.887. The first-order valence-electron chi connectivity index (χ1n) is 5.81. The van der Waals surface area contributed by atoms with Crippen LogP contribution in [0.1, 0.15) is 47.0 Å². The van der Waals surface area contributed by atoms with Gasteiger partial charge in [0.2, 0.25) is 0 Å². The summed E-state index contributed by atoms with van der Waals surface area (Å²) >= 11 is 0. The molecule has 1 unspecified atom stereocenters. The molecule has 84 valence electrons. The molecule has 0 aliphatic heterocycles. The van der Waals surface area contributed by atoms with Crippen molar-refractivity contribution in [2.75, 3.05) is 6.61 Å². The van der Waals surface area contributed by atoms with Gasteiger partial charge in [0.1, 0.15) is 0 Å². The number of rotatable bonds is 4. The highest BCUT2D eigenvalue weighted by Crippen LogP contribution is 2.37. The Kier molecular flexibility index (Phi) is 3.96. The van der Waals surface area contributed by atoms with Crippen molar-refractivity contribution in [1.29, 1.82) is 0 Å². The summed E-state index contributed by atoms with van der Waals surface area (Å²) in [7, 11) is 0. The summed E-state index contributed by atoms with van der Waals surface area (Å²) in [6.07, 6.45) is 3.81. The smallest absolute Gasteiger partial charge is 0.0587 e. The average Bonchev–Trinajstić information content (AvgIpc) is 2.41. The van der Waals surface area contributed by atoms with Crippen molar-refractivity contribution in [3.05, 3.63) is 0 Å². The molecule has 1 aliphatic rings. The highest BCUT2D eigenvalue weighted by atomic mass is 16.3. The Morgan fingerprint density at radius 2 is 2.07 bits per heavy atom. The standard InChI is InChI=1S/C12H25NO/c1-9(2)11(8-14)13-10-5-6-12(3,4)7-10/h9-11,13-14H,5-8H2,1-4H3/t10?,11-/m1/s1. The van der Waals surface area contributed by atoms with Crippen molar-refractivity contribution in [2.45, 2.75) is 59.0 Å². The van der Waals surface area contributed by atoms with E-state index in [1.165, 1.54) is 19.3 Å². The number of aliphatic hydroxyl groups is 1. The number of hydrogen-bond donors (Lipinski definition) is 2. The fourth-order valence-corrected chi connectivity index (χ4v) is 2.34. The third kappa shape index (κ3) is 3.25. The van der Waals surface area contributed by atoms with Gasteiger partial charge in [-0.25, -0.2) is 0 Å². The molecule has 0 spiro atoms. The van der Waals surface area contributed by atoms with Crippen LogP contribution in [0, 0.1) is 11.3 Å². The molecule has 0 aromatic heterocycles. The van der Waals surface area contributed by atoms with E-state index in [2.05, 4.69) is 33.0 Å². The molecule has 0 amide bonds. The summed E-state index contributed by atoms with van der Waals surface area (Å²) in [6.45, 7) is 9.24. The molecule has 1 aliphatic carbocycles. The second kappa shape index (κ2) is 4.63. The van der Waals surface area contributed by atoms with Gasteiger partial charge in [-0.15, -0.1) is 0 Å². The van der Waals surface area contributed by atoms with E-state index in [4.69, 9.17) is 0 Å². The van der Waals surface area contributed by atoms with E-state index in [9.17, 15) is 5.11 Å². The van der Waals surface area contributed by atoms with Gasteiger partial charge in [0.05, 0.1) is 6.61 Å². The molecule has 0 saturated heterocycles. The predicted molar refractivity (Wildman–Crippen MR) is 60.3 cm³/mol. The Balaban J connectivity index is 2.38. The summed E-state index contributed by atoms with van der Waals surface area (Å²) in [5.41, 5.74) is 0.495. The van der Waals surface area contributed by atoms with E-state index < -0.39 is 0 Å². The molecule has 2 atom stereocenters. The first-order valence-corrected chi connectivity index (χ1v) is 5.81. The highest BCUT2D eigenvalue weighted by Gasteiger charge is 2.32. The normalized spacial score (nSPS) is 28.3. The van der Waals surface area contributed by atoms with Crippen LogP contribution in [0.15, 0.2) is 0 Å². The van der Waals surface area contributed by atoms with Crippen molar-refractivity contribution >= 4 is 0 Å². The van der Waals surface area contributed by atoms with E-state index in [-0.39, 0.29) is 12.6 Å². The van der Waals surface area contributed by atoms with Gasteiger partial charge < -0.3 is 10.4 Å². The van der Waals surface area contributed by atoms with E-state index in [1.807, 2.05) is 0 Å². The van der Waals surface area contributed by atoms with Gasteiger partial charge in [0, 0.05) is 12.1 Å². The molecule has 1 fully saturated rings. The van der Waals surface area contributed by atoms with Crippen LogP contribution >= 0.6 is 0 Å². The fourth-order valence-electron chi connectivity index (χ4n) is 2.34. The van der Waals surface area contributed by atoms with Crippen LogP contribution in [0.25, 0.3) is 0 Å². The maximum atomic E-state index is 9.22. The van der Waals surface area contributed by atoms with Gasteiger partial charge >= 0.3 is 0 Å². The first-order chi connectivity index (χ1) is 6.44. The first kappa shape index (κ1) is 12.0. The summed E-state index contributed by atoms with van der Waals surface area (Å²) in [4.78, 5) is 0. The van der Waals surface area contributed by atoms with E-state index in [0.717, 1.165) is 0 Å². The monoisotopic (exact) mass is 199 g/mol. The Hall–Kier alpha value is -0.0800. The molecule has 2 N–H and O–H groups in total. The Morgan fingerprint density at radius 3 is 2.43 bits per heavy atom. The minimum Gasteiger partial charge on any atom is -0.395 e. The topological polar surface area (TPSA) is 32.3 Å². The minimum absolute atomic E-state index is 0.259. The fraction of sp³-hybridized carbons (Fsp3) is 1.00. The third-order valence-corrected chi connectivity index (χ3v) is 3.42. The van der Waals surface area contributed by atoms with Crippen molar-refractivity contribution in [3.8, 4) is 0 Å². The van der Waals surface area contributed by atoms with Crippen LogP contribution in [0.4, 0.5) is 0 Å². The van der Waals surface area contributed by atoms with Gasteiger partial charge in [-0.1, -0.05) is 27.7 Å². The molecular weight excluding hydrogens is 174 g/mol. The molecule has 2 heteroatoms. The van der Waals surface area contributed by atoms with Gasteiger partial charge in [0.25, 0.3) is 0 Å². The zero-order valence-electron chi connectivity index (χ0n) is 10.0. The molecule has 1 rings (SSSR count). The van der Waals surface area contributed by atoms with E-state index in [1.54, 1.807) is 0 Å². The van der Waals surface area contributed by atoms with Crippen molar-refractivity contribution in [1.82, 2.24) is 5.32 Å². The number of nitrogens with one attached hydrogen (secondary N) is 1. The summed E-state index contributed by atoms with van der Waals surface area (Å²) in [5, 5.41) is 12.8. The van der Waals surface area contributed by atoms with Gasteiger partial charge in [0.15, 0.2) is 0 Å². The lowest BCUT2D eigenvalue weighted by molar-refractivity contribution is 0.196. The van der Waals surface area contributed by atoms with Crippen molar-refractivity contribution in [2.24, 2.45) is 11.3 Å². The molecule has 1 saturated carbocycles. The van der Waals surface area contributed by atoms with Crippen LogP contribution in [-0.4, -0.2) is 23.8 Å². The molecule has 0 aromatic carbocycles. The van der Waals surface area contributed by atoms with Crippen LogP contribution in [-0.2, 0) is 0 Å². The largest absolute Gasteiger partial charge is 0.395 e. The van der Waals surface area contributed by atoms with Crippen LogP contribution in [0.3, 0.4) is 0 Å². The molecule has 0 heterocycles. The number of aliphatic hydroxyl groups excluding tert-OH is 1. The SMILES string of the molecule is CC(C)[C@@H](CO)NC1CCC(C)(C)C1. The third-order valence-electron chi connectivity index (χ3n) is 3.42. The Labute approximate surface area is 88.1 Å². The zero-order chi connectivity index (χ0) is 10.8. The lowest BCUT2D eigenvalue weighted by Crippen LogP contribution is -2.42. The van der Waals surface area contributed by atoms with Gasteiger partial charge in [-0.2, -0.15) is 0 Å².